The molecule has 3 aromatic rings. The highest BCUT2D eigenvalue weighted by molar-refractivity contribution is 6.34. The zero-order valence-electron chi connectivity index (χ0n) is 17.1. The second-order valence-corrected chi connectivity index (χ2v) is 7.93. The standard InChI is InChI=1S/C22H23ClN4O4/c1-28-14-8-16-19(18(9-14)29-10-13-4-6-24-7-5-13)22(26-11-25-16)27-20-15(23)2-3-17-21(20)31-12-30-17/h2-3,8-9,11,13,24H,4-7,10,12H2,1H3,(H,25,26,27). The zero-order chi connectivity index (χ0) is 21.2. The monoisotopic (exact) mass is 442 g/mol. The zero-order valence-corrected chi connectivity index (χ0v) is 17.9. The Balaban J connectivity index is 1.53. The lowest BCUT2D eigenvalue weighted by Crippen LogP contribution is -2.30. The number of hydrogen-bond donors (Lipinski definition) is 2. The third-order valence-electron chi connectivity index (χ3n) is 5.58. The van der Waals surface area contributed by atoms with E-state index in [2.05, 4.69) is 20.6 Å². The second-order valence-electron chi connectivity index (χ2n) is 7.53. The topological polar surface area (TPSA) is 86.8 Å². The minimum atomic E-state index is 0.149. The molecule has 0 unspecified atom stereocenters. The molecule has 2 N–H and O–H groups in total. The maximum Gasteiger partial charge on any atom is 0.231 e. The van der Waals surface area contributed by atoms with E-state index >= 15 is 0 Å². The Labute approximate surface area is 184 Å². The minimum absolute atomic E-state index is 0.149. The summed E-state index contributed by atoms with van der Waals surface area (Å²) in [5.41, 5.74) is 1.30. The molecule has 1 fully saturated rings. The molecule has 9 heteroatoms. The number of nitrogens with zero attached hydrogens (tertiary/aromatic N) is 2. The van der Waals surface area contributed by atoms with Crippen molar-refractivity contribution in [2.75, 3.05) is 38.9 Å². The van der Waals surface area contributed by atoms with Gasteiger partial charge in [0.25, 0.3) is 0 Å². The molecule has 0 amide bonds. The Hall–Kier alpha value is -2.97. The van der Waals surface area contributed by atoms with Crippen molar-refractivity contribution in [2.45, 2.75) is 12.8 Å². The van der Waals surface area contributed by atoms with Gasteiger partial charge in [-0.25, -0.2) is 9.97 Å². The summed E-state index contributed by atoms with van der Waals surface area (Å²) in [6.07, 6.45) is 3.67. The van der Waals surface area contributed by atoms with Crippen LogP contribution in [0.3, 0.4) is 0 Å². The maximum atomic E-state index is 6.46. The number of fused-ring (bicyclic) bond motifs is 2. The lowest BCUT2D eigenvalue weighted by atomic mass is 9.99. The Kier molecular flexibility index (Phi) is 5.57. The van der Waals surface area contributed by atoms with Crippen LogP contribution in [0.15, 0.2) is 30.6 Å². The molecule has 1 saturated heterocycles. The molecule has 3 heterocycles. The smallest absolute Gasteiger partial charge is 0.231 e. The largest absolute Gasteiger partial charge is 0.497 e. The van der Waals surface area contributed by atoms with Crippen molar-refractivity contribution in [1.29, 1.82) is 0 Å². The van der Waals surface area contributed by atoms with Gasteiger partial charge in [-0.1, -0.05) is 11.6 Å². The van der Waals surface area contributed by atoms with E-state index < -0.39 is 0 Å². The van der Waals surface area contributed by atoms with Crippen LogP contribution in [0.2, 0.25) is 5.02 Å². The Morgan fingerprint density at radius 1 is 1.19 bits per heavy atom. The third kappa shape index (κ3) is 4.00. The first-order valence-electron chi connectivity index (χ1n) is 10.2. The van der Waals surface area contributed by atoms with Gasteiger partial charge in [0.2, 0.25) is 6.79 Å². The van der Waals surface area contributed by atoms with Crippen LogP contribution < -0.4 is 29.6 Å². The molecule has 2 aliphatic heterocycles. The summed E-state index contributed by atoms with van der Waals surface area (Å²) in [6.45, 7) is 2.80. The summed E-state index contributed by atoms with van der Waals surface area (Å²) < 4.78 is 22.8. The molecule has 0 radical (unpaired) electrons. The van der Waals surface area contributed by atoms with Crippen LogP contribution in [-0.4, -0.2) is 43.6 Å². The van der Waals surface area contributed by atoms with Crippen molar-refractivity contribution in [2.24, 2.45) is 5.92 Å². The Bertz CT molecular complexity index is 1100. The van der Waals surface area contributed by atoms with Gasteiger partial charge in [0.05, 0.1) is 29.6 Å². The Morgan fingerprint density at radius 2 is 2.06 bits per heavy atom. The molecule has 8 nitrogen and oxygen atoms in total. The minimum Gasteiger partial charge on any atom is -0.497 e. The van der Waals surface area contributed by atoms with Crippen LogP contribution >= 0.6 is 11.6 Å². The van der Waals surface area contributed by atoms with Crippen molar-refractivity contribution in [3.8, 4) is 23.0 Å². The second kappa shape index (κ2) is 8.64. The van der Waals surface area contributed by atoms with Gasteiger partial charge in [0.15, 0.2) is 11.5 Å². The first-order valence-corrected chi connectivity index (χ1v) is 10.6. The van der Waals surface area contributed by atoms with E-state index in [4.69, 9.17) is 30.5 Å². The van der Waals surface area contributed by atoms with E-state index in [0.29, 0.717) is 57.6 Å². The average molecular weight is 443 g/mol. The summed E-state index contributed by atoms with van der Waals surface area (Å²) in [7, 11) is 1.63. The predicted octanol–water partition coefficient (Wildman–Crippen LogP) is 4.14. The van der Waals surface area contributed by atoms with Crippen LogP contribution in [0.25, 0.3) is 10.9 Å². The number of hydrogen-bond acceptors (Lipinski definition) is 8. The van der Waals surface area contributed by atoms with E-state index in [1.807, 2.05) is 12.1 Å². The Morgan fingerprint density at radius 3 is 2.90 bits per heavy atom. The first-order chi connectivity index (χ1) is 15.2. The summed E-state index contributed by atoms with van der Waals surface area (Å²) in [4.78, 5) is 8.90. The maximum absolute atomic E-state index is 6.46. The quantitative estimate of drug-likeness (QED) is 0.589. The van der Waals surface area contributed by atoms with Crippen molar-refractivity contribution in [3.63, 3.8) is 0 Å². The summed E-state index contributed by atoms with van der Waals surface area (Å²) in [5.74, 6) is 3.60. The van der Waals surface area contributed by atoms with E-state index in [1.165, 1.54) is 6.33 Å². The van der Waals surface area contributed by atoms with Gasteiger partial charge >= 0.3 is 0 Å². The van der Waals surface area contributed by atoms with Crippen molar-refractivity contribution < 1.29 is 18.9 Å². The highest BCUT2D eigenvalue weighted by Gasteiger charge is 2.23. The van der Waals surface area contributed by atoms with Gasteiger partial charge in [-0.15, -0.1) is 0 Å². The molecule has 0 bridgehead atoms. The molecule has 2 aromatic carbocycles. The number of methoxy groups -OCH3 is 1. The van der Waals surface area contributed by atoms with Crippen molar-refractivity contribution in [1.82, 2.24) is 15.3 Å². The van der Waals surface area contributed by atoms with E-state index in [9.17, 15) is 0 Å². The van der Waals surface area contributed by atoms with Crippen LogP contribution in [-0.2, 0) is 0 Å². The van der Waals surface area contributed by atoms with Crippen LogP contribution in [0.1, 0.15) is 12.8 Å². The summed E-state index contributed by atoms with van der Waals surface area (Å²) >= 11 is 6.46. The number of halogens is 1. The number of rotatable bonds is 6. The molecule has 1 aromatic heterocycles. The van der Waals surface area contributed by atoms with Crippen LogP contribution in [0.5, 0.6) is 23.0 Å². The fourth-order valence-electron chi connectivity index (χ4n) is 3.90. The first kappa shape index (κ1) is 20.0. The number of piperidine rings is 1. The highest BCUT2D eigenvalue weighted by Crippen LogP contribution is 2.46. The number of anilines is 2. The number of nitrogens with one attached hydrogen (secondary N) is 2. The fraction of sp³-hybridized carbons (Fsp3) is 0.364. The SMILES string of the molecule is COc1cc(OCC2CCNCC2)c2c(Nc3c(Cl)ccc4c3OCO4)ncnc2c1. The molecule has 0 aliphatic carbocycles. The van der Waals surface area contributed by atoms with Gasteiger partial charge in [-0.05, 0) is 44.0 Å². The average Bonchev–Trinajstić information content (AvgIpc) is 3.29. The summed E-state index contributed by atoms with van der Waals surface area (Å²) in [6, 6.07) is 7.27. The predicted molar refractivity (Wildman–Crippen MR) is 118 cm³/mol. The van der Waals surface area contributed by atoms with E-state index in [0.717, 1.165) is 31.3 Å². The molecule has 0 atom stereocenters. The lowest BCUT2D eigenvalue weighted by Gasteiger charge is -2.23. The van der Waals surface area contributed by atoms with Crippen molar-refractivity contribution in [3.05, 3.63) is 35.6 Å². The van der Waals surface area contributed by atoms with E-state index in [1.54, 1.807) is 19.2 Å². The molecular formula is C22H23ClN4O4. The number of ether oxygens (including phenoxy) is 4. The third-order valence-corrected chi connectivity index (χ3v) is 5.89. The number of benzene rings is 2. The van der Waals surface area contributed by atoms with Crippen LogP contribution in [0.4, 0.5) is 11.5 Å². The molecule has 5 rings (SSSR count). The molecule has 0 spiro atoms. The number of aromatic nitrogens is 2. The van der Waals surface area contributed by atoms with Gasteiger partial charge in [0, 0.05) is 12.1 Å². The van der Waals surface area contributed by atoms with E-state index in [-0.39, 0.29) is 6.79 Å². The summed E-state index contributed by atoms with van der Waals surface area (Å²) in [5, 5.41) is 7.95. The molecule has 0 saturated carbocycles. The van der Waals surface area contributed by atoms with Gasteiger partial charge in [-0.3, -0.25) is 0 Å². The van der Waals surface area contributed by atoms with Crippen LogP contribution in [0, 0.1) is 5.92 Å². The highest BCUT2D eigenvalue weighted by atomic mass is 35.5. The lowest BCUT2D eigenvalue weighted by molar-refractivity contribution is 0.174. The van der Waals surface area contributed by atoms with Gasteiger partial charge in [0.1, 0.15) is 29.3 Å². The molecular weight excluding hydrogens is 420 g/mol. The normalized spacial score (nSPS) is 15.8. The molecule has 31 heavy (non-hydrogen) atoms. The van der Waals surface area contributed by atoms with Gasteiger partial charge in [-0.2, -0.15) is 0 Å². The van der Waals surface area contributed by atoms with Gasteiger partial charge < -0.3 is 29.6 Å². The van der Waals surface area contributed by atoms with Crippen molar-refractivity contribution >= 4 is 34.0 Å². The molecule has 2 aliphatic rings. The molecule has 162 valence electrons. The fourth-order valence-corrected chi connectivity index (χ4v) is 4.09.